The molecule has 0 spiro atoms. The molecule has 0 amide bonds. The third kappa shape index (κ3) is 3.43. The van der Waals surface area contributed by atoms with Crippen LogP contribution in [0.4, 0.5) is 5.82 Å². The molecule has 28 heavy (non-hydrogen) atoms. The summed E-state index contributed by atoms with van der Waals surface area (Å²) in [7, 11) is -3.30. The number of rotatable bonds is 6. The highest BCUT2D eigenvalue weighted by Crippen LogP contribution is 2.23. The van der Waals surface area contributed by atoms with Crippen molar-refractivity contribution in [1.82, 2.24) is 19.5 Å². The maximum absolute atomic E-state index is 11.9. The van der Waals surface area contributed by atoms with Crippen molar-refractivity contribution in [1.29, 1.82) is 0 Å². The maximum atomic E-state index is 11.9. The summed E-state index contributed by atoms with van der Waals surface area (Å²) in [4.78, 5) is 13.5. The summed E-state index contributed by atoms with van der Waals surface area (Å²) in [5.41, 5.74) is 2.80. The van der Waals surface area contributed by atoms with Gasteiger partial charge in [0.15, 0.2) is 9.84 Å². The zero-order chi connectivity index (χ0) is 19.7. The Balaban J connectivity index is 1.62. The first-order valence-corrected chi connectivity index (χ1v) is 11.0. The van der Waals surface area contributed by atoms with E-state index in [9.17, 15) is 8.42 Å². The number of imidazole rings is 1. The first-order valence-electron chi connectivity index (χ1n) is 9.10. The number of hydrogen-bond acceptors (Lipinski definition) is 6. The van der Waals surface area contributed by atoms with E-state index in [1.54, 1.807) is 18.2 Å². The summed E-state index contributed by atoms with van der Waals surface area (Å²) in [5, 5.41) is 4.02. The SMILES string of the molecule is CCc1nc2ccccc2n1CCNc1ncnc2ccc(S(C)(=O)=O)cc12. The number of aromatic nitrogens is 4. The normalized spacial score (nSPS) is 11.9. The fourth-order valence-corrected chi connectivity index (χ4v) is 3.99. The molecule has 0 aliphatic heterocycles. The number of fused-ring (bicyclic) bond motifs is 2. The molecule has 2 heterocycles. The fourth-order valence-electron chi connectivity index (χ4n) is 3.34. The molecule has 0 saturated heterocycles. The van der Waals surface area contributed by atoms with Crippen molar-refractivity contribution in [3.8, 4) is 0 Å². The lowest BCUT2D eigenvalue weighted by Crippen LogP contribution is -2.13. The largest absolute Gasteiger partial charge is 0.368 e. The number of anilines is 1. The number of benzene rings is 2. The number of aryl methyl sites for hydroxylation is 1. The predicted octanol–water partition coefficient (Wildman–Crippen LogP) is 3.06. The Morgan fingerprint density at radius 3 is 2.68 bits per heavy atom. The molecule has 0 radical (unpaired) electrons. The van der Waals surface area contributed by atoms with Crippen LogP contribution >= 0.6 is 0 Å². The van der Waals surface area contributed by atoms with Crippen molar-refractivity contribution in [3.63, 3.8) is 0 Å². The molecule has 2 aromatic carbocycles. The van der Waals surface area contributed by atoms with Gasteiger partial charge in [0.1, 0.15) is 18.0 Å². The zero-order valence-electron chi connectivity index (χ0n) is 15.8. The van der Waals surface area contributed by atoms with Gasteiger partial charge >= 0.3 is 0 Å². The second kappa shape index (κ2) is 7.20. The molecule has 2 aromatic heterocycles. The third-order valence-electron chi connectivity index (χ3n) is 4.71. The van der Waals surface area contributed by atoms with E-state index in [4.69, 9.17) is 0 Å². The van der Waals surface area contributed by atoms with Gasteiger partial charge in [0.25, 0.3) is 0 Å². The molecule has 4 aromatic rings. The van der Waals surface area contributed by atoms with Gasteiger partial charge in [-0.15, -0.1) is 0 Å². The monoisotopic (exact) mass is 395 g/mol. The third-order valence-corrected chi connectivity index (χ3v) is 5.82. The number of nitrogens with one attached hydrogen (secondary N) is 1. The Morgan fingerprint density at radius 1 is 1.07 bits per heavy atom. The van der Waals surface area contributed by atoms with Gasteiger partial charge in [-0.3, -0.25) is 0 Å². The van der Waals surface area contributed by atoms with E-state index >= 15 is 0 Å². The molecular formula is C20H21N5O2S. The van der Waals surface area contributed by atoms with Crippen LogP contribution in [0.25, 0.3) is 21.9 Å². The van der Waals surface area contributed by atoms with Gasteiger partial charge in [0.2, 0.25) is 0 Å². The first-order chi connectivity index (χ1) is 13.5. The van der Waals surface area contributed by atoms with Gasteiger partial charge < -0.3 is 9.88 Å². The standard InChI is InChI=1S/C20H21N5O2S/c1-3-19-24-17-6-4-5-7-18(17)25(19)11-10-21-20-15-12-14(28(2,26)27)8-9-16(15)22-13-23-20/h4-9,12-13H,3,10-11H2,1-2H3,(H,21,22,23). The Labute approximate surface area is 163 Å². The zero-order valence-corrected chi connectivity index (χ0v) is 16.6. The quantitative estimate of drug-likeness (QED) is 0.540. The van der Waals surface area contributed by atoms with E-state index in [1.165, 1.54) is 12.6 Å². The Morgan fingerprint density at radius 2 is 1.89 bits per heavy atom. The van der Waals surface area contributed by atoms with Gasteiger partial charge in [-0.25, -0.2) is 23.4 Å². The van der Waals surface area contributed by atoms with Crippen LogP contribution < -0.4 is 5.32 Å². The van der Waals surface area contributed by atoms with Crippen LogP contribution in [-0.2, 0) is 22.8 Å². The van der Waals surface area contributed by atoms with Crippen LogP contribution in [0.5, 0.6) is 0 Å². The van der Waals surface area contributed by atoms with E-state index in [1.807, 2.05) is 18.2 Å². The van der Waals surface area contributed by atoms with Crippen molar-refractivity contribution in [2.24, 2.45) is 0 Å². The Bertz CT molecular complexity index is 1260. The minimum absolute atomic E-state index is 0.256. The maximum Gasteiger partial charge on any atom is 0.175 e. The summed E-state index contributed by atoms with van der Waals surface area (Å²) in [6, 6.07) is 13.0. The van der Waals surface area contributed by atoms with Crippen molar-refractivity contribution in [2.75, 3.05) is 18.1 Å². The van der Waals surface area contributed by atoms with Gasteiger partial charge in [0.05, 0.1) is 21.4 Å². The molecule has 0 atom stereocenters. The summed E-state index contributed by atoms with van der Waals surface area (Å²) in [5.74, 6) is 1.66. The number of nitrogens with zero attached hydrogens (tertiary/aromatic N) is 4. The van der Waals surface area contributed by atoms with Gasteiger partial charge in [0, 0.05) is 31.2 Å². The molecular weight excluding hydrogens is 374 g/mol. The molecule has 0 fully saturated rings. The van der Waals surface area contributed by atoms with Crippen LogP contribution in [0, 0.1) is 0 Å². The van der Waals surface area contributed by atoms with Crippen LogP contribution in [-0.4, -0.2) is 40.7 Å². The highest BCUT2D eigenvalue weighted by Gasteiger charge is 2.12. The highest BCUT2D eigenvalue weighted by atomic mass is 32.2. The number of para-hydroxylation sites is 2. The molecule has 0 bridgehead atoms. The lowest BCUT2D eigenvalue weighted by molar-refractivity contribution is 0.602. The Hall–Kier alpha value is -3.00. The van der Waals surface area contributed by atoms with E-state index in [0.717, 1.165) is 29.8 Å². The van der Waals surface area contributed by atoms with Crippen molar-refractivity contribution in [3.05, 3.63) is 54.6 Å². The van der Waals surface area contributed by atoms with Gasteiger partial charge in [-0.1, -0.05) is 19.1 Å². The Kier molecular flexibility index (Phi) is 4.72. The molecule has 0 saturated carbocycles. The molecule has 0 aliphatic carbocycles. The molecule has 0 aliphatic rings. The first kappa shape index (κ1) is 18.4. The molecule has 4 rings (SSSR count). The predicted molar refractivity (Wildman–Crippen MR) is 110 cm³/mol. The van der Waals surface area contributed by atoms with Crippen molar-refractivity contribution in [2.45, 2.75) is 24.8 Å². The van der Waals surface area contributed by atoms with E-state index < -0.39 is 9.84 Å². The van der Waals surface area contributed by atoms with Crippen molar-refractivity contribution >= 4 is 37.6 Å². The minimum atomic E-state index is -3.30. The van der Waals surface area contributed by atoms with E-state index in [0.29, 0.717) is 23.3 Å². The van der Waals surface area contributed by atoms with Crippen LogP contribution in [0.1, 0.15) is 12.7 Å². The smallest absolute Gasteiger partial charge is 0.175 e. The molecule has 144 valence electrons. The fraction of sp³-hybridized carbons (Fsp3) is 0.250. The molecule has 8 heteroatoms. The minimum Gasteiger partial charge on any atom is -0.368 e. The van der Waals surface area contributed by atoms with Crippen LogP contribution in [0.2, 0.25) is 0 Å². The average Bonchev–Trinajstić information content (AvgIpc) is 3.05. The summed E-state index contributed by atoms with van der Waals surface area (Å²) >= 11 is 0. The summed E-state index contributed by atoms with van der Waals surface area (Å²) in [6.45, 7) is 3.44. The average molecular weight is 395 g/mol. The van der Waals surface area contributed by atoms with Crippen LogP contribution in [0.3, 0.4) is 0 Å². The lowest BCUT2D eigenvalue weighted by Gasteiger charge is -2.12. The number of sulfone groups is 1. The second-order valence-corrected chi connectivity index (χ2v) is 8.64. The lowest BCUT2D eigenvalue weighted by atomic mass is 10.2. The van der Waals surface area contributed by atoms with Crippen molar-refractivity contribution < 1.29 is 8.42 Å². The van der Waals surface area contributed by atoms with E-state index in [2.05, 4.69) is 37.8 Å². The second-order valence-electron chi connectivity index (χ2n) is 6.62. The summed E-state index contributed by atoms with van der Waals surface area (Å²) < 4.78 is 26.0. The molecule has 0 unspecified atom stereocenters. The highest BCUT2D eigenvalue weighted by molar-refractivity contribution is 7.90. The van der Waals surface area contributed by atoms with E-state index in [-0.39, 0.29) is 4.90 Å². The summed E-state index contributed by atoms with van der Waals surface area (Å²) in [6.07, 6.45) is 3.53. The number of hydrogen-bond donors (Lipinski definition) is 1. The molecule has 7 nitrogen and oxygen atoms in total. The van der Waals surface area contributed by atoms with Gasteiger partial charge in [-0.05, 0) is 30.3 Å². The molecule has 1 N–H and O–H groups in total. The van der Waals surface area contributed by atoms with Crippen LogP contribution in [0.15, 0.2) is 53.7 Å². The topological polar surface area (TPSA) is 89.8 Å². The van der Waals surface area contributed by atoms with Gasteiger partial charge in [-0.2, -0.15) is 0 Å².